The van der Waals surface area contributed by atoms with Crippen molar-refractivity contribution < 1.29 is 9.59 Å². The Morgan fingerprint density at radius 3 is 1.68 bits per heavy atom. The molecule has 0 heterocycles. The van der Waals surface area contributed by atoms with Gasteiger partial charge in [0.1, 0.15) is 0 Å². The van der Waals surface area contributed by atoms with Gasteiger partial charge in [0.25, 0.3) is 5.91 Å². The van der Waals surface area contributed by atoms with Crippen molar-refractivity contribution in [3.63, 3.8) is 0 Å². The Hall–Kier alpha value is -1.41. The predicted molar refractivity (Wildman–Crippen MR) is 137 cm³/mol. The third-order valence-electron chi connectivity index (χ3n) is 5.96. The smallest absolute Gasteiger partial charge is 0.251 e. The molecular formula is C26H46N2O2P+. The Morgan fingerprint density at radius 1 is 0.742 bits per heavy atom. The summed E-state index contributed by atoms with van der Waals surface area (Å²) in [5.74, 6) is -0.00948. The maximum absolute atomic E-state index is 12.4. The zero-order valence-electron chi connectivity index (χ0n) is 20.5. The van der Waals surface area contributed by atoms with E-state index in [1.165, 1.54) is 75.7 Å². The van der Waals surface area contributed by atoms with Crippen LogP contribution >= 0.6 is 7.26 Å². The summed E-state index contributed by atoms with van der Waals surface area (Å²) in [4.78, 5) is 23.3. The fourth-order valence-corrected chi connectivity index (χ4v) is 9.11. The molecule has 31 heavy (non-hydrogen) atoms. The van der Waals surface area contributed by atoms with E-state index in [2.05, 4.69) is 43.5 Å². The van der Waals surface area contributed by atoms with Crippen molar-refractivity contribution in [1.29, 1.82) is 0 Å². The van der Waals surface area contributed by atoms with E-state index in [4.69, 9.17) is 0 Å². The Labute approximate surface area is 191 Å². The molecule has 0 aromatic heterocycles. The predicted octanol–water partition coefficient (Wildman–Crippen LogP) is 6.25. The highest BCUT2D eigenvalue weighted by Crippen LogP contribution is 2.63. The average Bonchev–Trinajstić information content (AvgIpc) is 2.77. The van der Waals surface area contributed by atoms with Crippen LogP contribution in [0.15, 0.2) is 24.3 Å². The Morgan fingerprint density at radius 2 is 1.23 bits per heavy atom. The lowest BCUT2D eigenvalue weighted by Gasteiger charge is -2.28. The second-order valence-corrected chi connectivity index (χ2v) is 13.2. The van der Waals surface area contributed by atoms with Crippen LogP contribution in [0.1, 0.15) is 95.0 Å². The van der Waals surface area contributed by atoms with Crippen LogP contribution in [0.4, 0.5) is 0 Å². The van der Waals surface area contributed by atoms with E-state index in [1.807, 2.05) is 12.1 Å². The molecule has 0 aliphatic rings. The third kappa shape index (κ3) is 11.7. The summed E-state index contributed by atoms with van der Waals surface area (Å²) in [7, 11) is -0.973. The van der Waals surface area contributed by atoms with Gasteiger partial charge in [0.05, 0.1) is 24.6 Å². The molecule has 1 rings (SSSR count). The molecule has 2 N–H and O–H groups in total. The molecule has 0 spiro atoms. The third-order valence-corrected chi connectivity index (χ3v) is 10.8. The van der Waals surface area contributed by atoms with Gasteiger partial charge in [-0.3, -0.25) is 9.59 Å². The fraction of sp³-hybridized carbons (Fsp3) is 0.692. The molecule has 5 heteroatoms. The van der Waals surface area contributed by atoms with E-state index in [1.54, 1.807) is 0 Å². The van der Waals surface area contributed by atoms with Gasteiger partial charge < -0.3 is 10.6 Å². The van der Waals surface area contributed by atoms with Crippen LogP contribution in [0, 0.1) is 0 Å². The lowest BCUT2D eigenvalue weighted by molar-refractivity contribution is -0.118. The maximum atomic E-state index is 12.4. The van der Waals surface area contributed by atoms with Gasteiger partial charge in [0.2, 0.25) is 5.91 Å². The Bertz CT molecular complexity index is 609. The number of unbranched alkanes of at least 4 members (excludes halogenated alkanes) is 4. The lowest BCUT2D eigenvalue weighted by atomic mass is 10.1. The maximum Gasteiger partial charge on any atom is 0.251 e. The minimum absolute atomic E-state index is 0.00455. The fourth-order valence-electron chi connectivity index (χ4n) is 4.02. The summed E-state index contributed by atoms with van der Waals surface area (Å²) in [6.45, 7) is 9.75. The van der Waals surface area contributed by atoms with Crippen LogP contribution in [-0.2, 0) is 11.0 Å². The summed E-state index contributed by atoms with van der Waals surface area (Å²) in [6, 6.07) is 8.36. The van der Waals surface area contributed by atoms with Gasteiger partial charge in [-0.15, -0.1) is 0 Å². The van der Waals surface area contributed by atoms with E-state index < -0.39 is 7.26 Å². The first-order chi connectivity index (χ1) is 15.0. The molecule has 0 atom stereocenters. The number of hydrogen-bond acceptors (Lipinski definition) is 2. The number of carbonyl (C=O) groups excluding carboxylic acids is 2. The highest BCUT2D eigenvalue weighted by Gasteiger charge is 2.35. The highest BCUT2D eigenvalue weighted by molar-refractivity contribution is 7.75. The van der Waals surface area contributed by atoms with Crippen LogP contribution in [0.2, 0.25) is 0 Å². The summed E-state index contributed by atoms with van der Waals surface area (Å²) in [6.07, 6.45) is 15.1. The molecule has 1 aromatic rings. The van der Waals surface area contributed by atoms with Crippen LogP contribution < -0.4 is 10.6 Å². The molecule has 4 nitrogen and oxygen atoms in total. The molecule has 0 bridgehead atoms. The second-order valence-electron chi connectivity index (χ2n) is 8.87. The van der Waals surface area contributed by atoms with E-state index in [0.717, 1.165) is 18.4 Å². The molecule has 2 amide bonds. The summed E-state index contributed by atoms with van der Waals surface area (Å²) in [5, 5.41) is 5.77. The molecule has 0 saturated heterocycles. The minimum atomic E-state index is -0.973. The van der Waals surface area contributed by atoms with Gasteiger partial charge in [0.15, 0.2) is 0 Å². The van der Waals surface area contributed by atoms with E-state index in [0.29, 0.717) is 13.1 Å². The van der Waals surface area contributed by atoms with Crippen LogP contribution in [0.25, 0.3) is 0 Å². The zero-order valence-corrected chi connectivity index (χ0v) is 21.4. The van der Waals surface area contributed by atoms with Crippen LogP contribution in [0.3, 0.4) is 0 Å². The molecule has 0 aliphatic carbocycles. The molecule has 0 unspecified atom stereocenters. The quantitative estimate of drug-likeness (QED) is 0.218. The number of benzene rings is 1. The number of rotatable bonds is 17. The normalized spacial score (nSPS) is 11.4. The van der Waals surface area contributed by atoms with Crippen LogP contribution in [-0.4, -0.2) is 43.4 Å². The van der Waals surface area contributed by atoms with Crippen molar-refractivity contribution in [3.8, 4) is 0 Å². The molecule has 176 valence electrons. The second kappa shape index (κ2) is 16.3. The highest BCUT2D eigenvalue weighted by atomic mass is 31.2. The van der Waals surface area contributed by atoms with Gasteiger partial charge in [0, 0.05) is 32.8 Å². The molecule has 0 fully saturated rings. The van der Waals surface area contributed by atoms with E-state index >= 15 is 0 Å². The van der Waals surface area contributed by atoms with Gasteiger partial charge in [-0.25, -0.2) is 0 Å². The first-order valence-corrected chi connectivity index (χ1v) is 15.0. The van der Waals surface area contributed by atoms with Crippen molar-refractivity contribution in [2.75, 3.05) is 31.6 Å². The van der Waals surface area contributed by atoms with Gasteiger partial charge >= 0.3 is 0 Å². The van der Waals surface area contributed by atoms with Crippen molar-refractivity contribution in [2.45, 2.75) is 85.2 Å². The lowest BCUT2D eigenvalue weighted by Crippen LogP contribution is -2.26. The van der Waals surface area contributed by atoms with Gasteiger partial charge in [-0.2, -0.15) is 0 Å². The molecule has 0 aliphatic heterocycles. The molecular weight excluding hydrogens is 403 g/mol. The number of carbonyl (C=O) groups is 2. The van der Waals surface area contributed by atoms with Gasteiger partial charge in [-0.05, 0) is 49.8 Å². The van der Waals surface area contributed by atoms with E-state index in [9.17, 15) is 9.59 Å². The number of nitrogens with one attached hydrogen (secondary N) is 2. The summed E-state index contributed by atoms with van der Waals surface area (Å²) < 4.78 is 0. The summed E-state index contributed by atoms with van der Waals surface area (Å²) in [5.41, 5.74) is 2.15. The largest absolute Gasteiger partial charge is 0.356 e. The van der Waals surface area contributed by atoms with Crippen LogP contribution in [0.5, 0.6) is 0 Å². The standard InChI is InChI=1S/C26H45N2O2P/c1-5-8-19-31(20-9-6-2,21-10-7-3)22-24-13-15-25(16-14-24)26(30)28-18-12-11-17-27-23(4)29/h13-16H,5-12,17-22H2,1-4H3,(H-,27,28,29,30)/p+1. The monoisotopic (exact) mass is 449 g/mol. The Balaban J connectivity index is 2.66. The average molecular weight is 450 g/mol. The first kappa shape index (κ1) is 27.6. The number of hydrogen-bond donors (Lipinski definition) is 2. The van der Waals surface area contributed by atoms with Crippen molar-refractivity contribution >= 4 is 19.1 Å². The van der Waals surface area contributed by atoms with Gasteiger partial charge in [-0.1, -0.05) is 52.2 Å². The zero-order chi connectivity index (χ0) is 23.0. The summed E-state index contributed by atoms with van der Waals surface area (Å²) >= 11 is 0. The Kier molecular flexibility index (Phi) is 14.5. The van der Waals surface area contributed by atoms with Crippen molar-refractivity contribution in [2.24, 2.45) is 0 Å². The first-order valence-electron chi connectivity index (χ1n) is 12.4. The van der Waals surface area contributed by atoms with Crippen molar-refractivity contribution in [3.05, 3.63) is 35.4 Å². The van der Waals surface area contributed by atoms with E-state index in [-0.39, 0.29) is 11.8 Å². The van der Waals surface area contributed by atoms with Crippen molar-refractivity contribution in [1.82, 2.24) is 10.6 Å². The molecule has 0 saturated carbocycles. The molecule has 1 aromatic carbocycles. The minimum Gasteiger partial charge on any atom is -0.356 e. The topological polar surface area (TPSA) is 58.2 Å². The molecule has 0 radical (unpaired) electrons. The SMILES string of the molecule is CCCC[P+](CCCC)(CCCC)Cc1ccc(C(=O)NCCCCNC(C)=O)cc1. The number of amides is 2.